The van der Waals surface area contributed by atoms with E-state index in [0.717, 1.165) is 11.8 Å². The lowest BCUT2D eigenvalue weighted by Crippen LogP contribution is -2.48. The summed E-state index contributed by atoms with van der Waals surface area (Å²) in [7, 11) is 4.34. The molecule has 0 aromatic heterocycles. The fraction of sp³-hybridized carbons (Fsp3) is 1.00. The van der Waals surface area contributed by atoms with E-state index < -0.39 is 0 Å². The Morgan fingerprint density at radius 1 is 1.36 bits per heavy atom. The Bertz CT molecular complexity index is 142. The molecule has 0 spiro atoms. The molecular weight excluding hydrogens is 134 g/mol. The first kappa shape index (κ1) is 9.05. The molecule has 0 amide bonds. The summed E-state index contributed by atoms with van der Waals surface area (Å²) in [5.74, 6) is 1.85. The topological polar surface area (TPSA) is 3.24 Å². The molecule has 1 fully saturated rings. The molecule has 0 heterocycles. The van der Waals surface area contributed by atoms with Crippen molar-refractivity contribution in [3.63, 3.8) is 0 Å². The Morgan fingerprint density at radius 2 is 1.91 bits per heavy atom. The molecular formula is C10H21N. The molecule has 0 bridgehead atoms. The number of hydrogen-bond donors (Lipinski definition) is 0. The van der Waals surface area contributed by atoms with Crippen LogP contribution in [0.1, 0.15) is 27.2 Å². The third kappa shape index (κ3) is 1.58. The molecule has 0 aromatic carbocycles. The summed E-state index contributed by atoms with van der Waals surface area (Å²) in [6.07, 6.45) is 1.41. The van der Waals surface area contributed by atoms with Crippen molar-refractivity contribution < 1.29 is 0 Å². The lowest BCUT2D eigenvalue weighted by atomic mass is 9.56. The molecule has 66 valence electrons. The summed E-state index contributed by atoms with van der Waals surface area (Å²) in [5, 5.41) is 0. The minimum absolute atomic E-state index is 0.600. The highest BCUT2D eigenvalue weighted by atomic mass is 15.1. The number of rotatable bonds is 2. The number of hydrogen-bond acceptors (Lipinski definition) is 1. The summed E-state index contributed by atoms with van der Waals surface area (Å²) in [4.78, 5) is 2.31. The highest BCUT2D eigenvalue weighted by Gasteiger charge is 2.45. The van der Waals surface area contributed by atoms with E-state index in [1.54, 1.807) is 0 Å². The first-order chi connectivity index (χ1) is 4.96. The monoisotopic (exact) mass is 155 g/mol. The van der Waals surface area contributed by atoms with E-state index in [1.165, 1.54) is 13.0 Å². The van der Waals surface area contributed by atoms with Crippen LogP contribution in [0.3, 0.4) is 0 Å². The summed E-state index contributed by atoms with van der Waals surface area (Å²) in [6, 6.07) is 0. The van der Waals surface area contributed by atoms with E-state index in [0.29, 0.717) is 5.41 Å². The SMILES string of the molecule is CC1CC(C)(CN(C)C)C1C. The van der Waals surface area contributed by atoms with Gasteiger partial charge in [-0.05, 0) is 37.8 Å². The Morgan fingerprint density at radius 3 is 2.18 bits per heavy atom. The standard InChI is InChI=1S/C10H21N/c1-8-6-10(3,9(8)2)7-11(4)5/h8-9H,6-7H2,1-5H3. The smallest absolute Gasteiger partial charge is 0.00320 e. The van der Waals surface area contributed by atoms with Gasteiger partial charge in [-0.25, -0.2) is 0 Å². The van der Waals surface area contributed by atoms with E-state index in [-0.39, 0.29) is 0 Å². The average Bonchev–Trinajstić information content (AvgIpc) is 1.85. The zero-order valence-electron chi connectivity index (χ0n) is 8.52. The molecule has 0 radical (unpaired) electrons. The Balaban J connectivity index is 2.44. The molecule has 0 N–H and O–H groups in total. The van der Waals surface area contributed by atoms with Gasteiger partial charge < -0.3 is 4.90 Å². The van der Waals surface area contributed by atoms with Gasteiger partial charge in [0.25, 0.3) is 0 Å². The van der Waals surface area contributed by atoms with Crippen molar-refractivity contribution in [2.24, 2.45) is 17.3 Å². The molecule has 1 aliphatic rings. The van der Waals surface area contributed by atoms with Crippen LogP contribution >= 0.6 is 0 Å². The fourth-order valence-corrected chi connectivity index (χ4v) is 2.56. The molecule has 3 unspecified atom stereocenters. The Kier molecular flexibility index (Phi) is 2.29. The van der Waals surface area contributed by atoms with E-state index >= 15 is 0 Å². The number of nitrogens with zero attached hydrogens (tertiary/aromatic N) is 1. The maximum Gasteiger partial charge on any atom is 0.00320 e. The van der Waals surface area contributed by atoms with Crippen molar-refractivity contribution in [3.05, 3.63) is 0 Å². The van der Waals surface area contributed by atoms with Crippen LogP contribution in [0.25, 0.3) is 0 Å². The summed E-state index contributed by atoms with van der Waals surface area (Å²) in [5.41, 5.74) is 0.600. The van der Waals surface area contributed by atoms with Gasteiger partial charge in [0.2, 0.25) is 0 Å². The summed E-state index contributed by atoms with van der Waals surface area (Å²) in [6.45, 7) is 8.41. The van der Waals surface area contributed by atoms with E-state index in [9.17, 15) is 0 Å². The van der Waals surface area contributed by atoms with E-state index in [1.807, 2.05) is 0 Å². The maximum atomic E-state index is 2.41. The van der Waals surface area contributed by atoms with Crippen LogP contribution in [-0.2, 0) is 0 Å². The second-order valence-corrected chi connectivity index (χ2v) is 4.86. The van der Waals surface area contributed by atoms with Crippen molar-refractivity contribution in [2.75, 3.05) is 20.6 Å². The van der Waals surface area contributed by atoms with Crippen LogP contribution in [0.2, 0.25) is 0 Å². The molecule has 1 saturated carbocycles. The predicted octanol–water partition coefficient (Wildman–Crippen LogP) is 2.23. The van der Waals surface area contributed by atoms with Crippen molar-refractivity contribution in [1.29, 1.82) is 0 Å². The first-order valence-electron chi connectivity index (χ1n) is 4.60. The third-order valence-electron chi connectivity index (χ3n) is 3.42. The van der Waals surface area contributed by atoms with Crippen molar-refractivity contribution >= 4 is 0 Å². The molecule has 0 aliphatic heterocycles. The Labute approximate surface area is 70.8 Å². The van der Waals surface area contributed by atoms with Gasteiger partial charge in [0.15, 0.2) is 0 Å². The van der Waals surface area contributed by atoms with Crippen molar-refractivity contribution in [3.8, 4) is 0 Å². The predicted molar refractivity (Wildman–Crippen MR) is 49.6 cm³/mol. The van der Waals surface area contributed by atoms with Gasteiger partial charge in [-0.1, -0.05) is 20.8 Å². The van der Waals surface area contributed by atoms with Gasteiger partial charge in [0, 0.05) is 6.54 Å². The van der Waals surface area contributed by atoms with E-state index in [4.69, 9.17) is 0 Å². The minimum atomic E-state index is 0.600. The van der Waals surface area contributed by atoms with Crippen LogP contribution in [-0.4, -0.2) is 25.5 Å². The molecule has 0 aromatic rings. The van der Waals surface area contributed by atoms with Crippen molar-refractivity contribution in [1.82, 2.24) is 4.90 Å². The van der Waals surface area contributed by atoms with Crippen LogP contribution < -0.4 is 0 Å². The molecule has 11 heavy (non-hydrogen) atoms. The molecule has 1 aliphatic carbocycles. The normalized spacial score (nSPS) is 44.2. The van der Waals surface area contributed by atoms with Gasteiger partial charge in [-0.3, -0.25) is 0 Å². The molecule has 1 nitrogen and oxygen atoms in total. The molecule has 1 rings (SSSR count). The van der Waals surface area contributed by atoms with Crippen molar-refractivity contribution in [2.45, 2.75) is 27.2 Å². The Hall–Kier alpha value is -0.0400. The lowest BCUT2D eigenvalue weighted by molar-refractivity contribution is -0.0232. The summed E-state index contributed by atoms with van der Waals surface area (Å²) < 4.78 is 0. The fourth-order valence-electron chi connectivity index (χ4n) is 2.56. The summed E-state index contributed by atoms with van der Waals surface area (Å²) >= 11 is 0. The largest absolute Gasteiger partial charge is 0.309 e. The first-order valence-corrected chi connectivity index (χ1v) is 4.60. The highest BCUT2D eigenvalue weighted by molar-refractivity contribution is 4.95. The van der Waals surface area contributed by atoms with Crippen LogP contribution in [0.5, 0.6) is 0 Å². The second kappa shape index (κ2) is 2.78. The van der Waals surface area contributed by atoms with Gasteiger partial charge in [-0.15, -0.1) is 0 Å². The minimum Gasteiger partial charge on any atom is -0.309 e. The molecule has 3 atom stereocenters. The van der Waals surface area contributed by atoms with Crippen LogP contribution in [0, 0.1) is 17.3 Å². The van der Waals surface area contributed by atoms with Crippen LogP contribution in [0.15, 0.2) is 0 Å². The highest BCUT2D eigenvalue weighted by Crippen LogP contribution is 2.50. The lowest BCUT2D eigenvalue weighted by Gasteiger charge is -2.52. The average molecular weight is 155 g/mol. The maximum absolute atomic E-state index is 2.41. The van der Waals surface area contributed by atoms with Gasteiger partial charge in [0.05, 0.1) is 0 Å². The second-order valence-electron chi connectivity index (χ2n) is 4.86. The zero-order chi connectivity index (χ0) is 8.65. The molecule has 0 saturated heterocycles. The van der Waals surface area contributed by atoms with Gasteiger partial charge in [0.1, 0.15) is 0 Å². The quantitative estimate of drug-likeness (QED) is 0.591. The molecule has 1 heteroatoms. The van der Waals surface area contributed by atoms with E-state index in [2.05, 4.69) is 39.8 Å². The third-order valence-corrected chi connectivity index (χ3v) is 3.42. The van der Waals surface area contributed by atoms with Gasteiger partial charge in [-0.2, -0.15) is 0 Å². The van der Waals surface area contributed by atoms with Gasteiger partial charge >= 0.3 is 0 Å². The zero-order valence-corrected chi connectivity index (χ0v) is 8.52. The van der Waals surface area contributed by atoms with Crippen LogP contribution in [0.4, 0.5) is 0 Å².